The van der Waals surface area contributed by atoms with Crippen molar-refractivity contribution in [1.29, 1.82) is 0 Å². The third-order valence-corrected chi connectivity index (χ3v) is 3.13. The Balaban J connectivity index is 1.74. The Hall–Kier alpha value is -0.770. The van der Waals surface area contributed by atoms with Crippen LogP contribution >= 0.6 is 0 Å². The van der Waals surface area contributed by atoms with E-state index in [0.29, 0.717) is 6.61 Å². The fourth-order valence-corrected chi connectivity index (χ4v) is 2.22. The summed E-state index contributed by atoms with van der Waals surface area (Å²) in [5, 5.41) is 3.05. The minimum Gasteiger partial charge on any atom is -0.379 e. The predicted molar refractivity (Wildman–Crippen MR) is 57.8 cm³/mol. The first-order chi connectivity index (χ1) is 7.36. The minimum atomic E-state index is 0.102. The van der Waals surface area contributed by atoms with Gasteiger partial charge in [0.2, 0.25) is 0 Å². The molecule has 0 aromatic heterocycles. The largest absolute Gasteiger partial charge is 0.379 e. The van der Waals surface area contributed by atoms with Crippen molar-refractivity contribution >= 4 is 6.03 Å². The van der Waals surface area contributed by atoms with Gasteiger partial charge in [-0.25, -0.2) is 4.79 Å². The van der Waals surface area contributed by atoms with Crippen LogP contribution in [0.25, 0.3) is 0 Å². The van der Waals surface area contributed by atoms with Crippen LogP contribution < -0.4 is 5.32 Å². The number of amides is 2. The molecule has 1 atom stereocenters. The van der Waals surface area contributed by atoms with E-state index in [-0.39, 0.29) is 12.1 Å². The second-order valence-corrected chi connectivity index (χ2v) is 4.41. The average Bonchev–Trinajstić information content (AvgIpc) is 2.31. The third kappa shape index (κ3) is 3.09. The van der Waals surface area contributed by atoms with Crippen molar-refractivity contribution in [2.24, 2.45) is 0 Å². The summed E-state index contributed by atoms with van der Waals surface area (Å²) in [7, 11) is 0. The Morgan fingerprint density at radius 1 is 1.20 bits per heavy atom. The van der Waals surface area contributed by atoms with Gasteiger partial charge in [-0.05, 0) is 32.1 Å². The lowest BCUT2D eigenvalue weighted by Gasteiger charge is -2.30. The fraction of sp³-hybridized carbons (Fsp3) is 0.909. The molecule has 0 bridgehead atoms. The zero-order chi connectivity index (χ0) is 10.5. The molecule has 2 fully saturated rings. The maximum absolute atomic E-state index is 11.8. The first-order valence-corrected chi connectivity index (χ1v) is 5.99. The number of hydrogen-bond acceptors (Lipinski definition) is 2. The van der Waals surface area contributed by atoms with Gasteiger partial charge in [-0.15, -0.1) is 0 Å². The van der Waals surface area contributed by atoms with E-state index in [1.165, 1.54) is 6.42 Å². The van der Waals surface area contributed by atoms with Crippen LogP contribution in [0.1, 0.15) is 32.1 Å². The Kier molecular flexibility index (Phi) is 3.83. The van der Waals surface area contributed by atoms with Crippen LogP contribution in [0, 0.1) is 0 Å². The number of ether oxygens (including phenoxy) is 1. The minimum absolute atomic E-state index is 0.102. The van der Waals surface area contributed by atoms with E-state index >= 15 is 0 Å². The monoisotopic (exact) mass is 212 g/mol. The first-order valence-electron chi connectivity index (χ1n) is 5.99. The molecule has 4 heteroatoms. The fourth-order valence-electron chi connectivity index (χ4n) is 2.22. The average molecular weight is 212 g/mol. The smallest absolute Gasteiger partial charge is 0.317 e. The highest BCUT2D eigenvalue weighted by molar-refractivity contribution is 5.74. The maximum Gasteiger partial charge on any atom is 0.317 e. The van der Waals surface area contributed by atoms with Crippen molar-refractivity contribution in [3.8, 4) is 0 Å². The number of hydrogen-bond donors (Lipinski definition) is 1. The first kappa shape index (κ1) is 10.7. The van der Waals surface area contributed by atoms with E-state index in [4.69, 9.17) is 4.74 Å². The molecule has 0 aromatic carbocycles. The van der Waals surface area contributed by atoms with Gasteiger partial charge in [0.1, 0.15) is 0 Å². The van der Waals surface area contributed by atoms with Crippen LogP contribution in [0.2, 0.25) is 0 Å². The Morgan fingerprint density at radius 3 is 2.67 bits per heavy atom. The van der Waals surface area contributed by atoms with Gasteiger partial charge in [-0.2, -0.15) is 0 Å². The highest BCUT2D eigenvalue weighted by Gasteiger charge is 2.21. The summed E-state index contributed by atoms with van der Waals surface area (Å²) in [6.45, 7) is 3.36. The van der Waals surface area contributed by atoms with Gasteiger partial charge in [0, 0.05) is 19.7 Å². The molecule has 2 saturated heterocycles. The van der Waals surface area contributed by atoms with Crippen molar-refractivity contribution in [1.82, 2.24) is 10.2 Å². The number of carbonyl (C=O) groups excluding carboxylic acids is 1. The van der Waals surface area contributed by atoms with Crippen molar-refractivity contribution in [2.75, 3.05) is 26.3 Å². The lowest BCUT2D eigenvalue weighted by atomic mass is 10.1. The number of rotatable bonds is 1. The SMILES string of the molecule is O=C(NC1CCCOC1)N1CCCCC1. The maximum atomic E-state index is 11.8. The molecule has 86 valence electrons. The molecule has 0 aromatic rings. The van der Waals surface area contributed by atoms with Crippen LogP contribution in [0.3, 0.4) is 0 Å². The van der Waals surface area contributed by atoms with Crippen LogP contribution in [0.4, 0.5) is 4.79 Å². The molecule has 1 N–H and O–H groups in total. The van der Waals surface area contributed by atoms with E-state index in [0.717, 1.165) is 45.4 Å². The van der Waals surface area contributed by atoms with Gasteiger partial charge in [-0.3, -0.25) is 0 Å². The highest BCUT2D eigenvalue weighted by atomic mass is 16.5. The molecule has 2 amide bonds. The Morgan fingerprint density at radius 2 is 2.00 bits per heavy atom. The molecule has 0 saturated carbocycles. The summed E-state index contributed by atoms with van der Waals surface area (Å²) in [6.07, 6.45) is 5.67. The summed E-state index contributed by atoms with van der Waals surface area (Å²) >= 11 is 0. The second kappa shape index (κ2) is 5.35. The van der Waals surface area contributed by atoms with E-state index in [1.807, 2.05) is 4.90 Å². The van der Waals surface area contributed by atoms with Crippen molar-refractivity contribution in [3.05, 3.63) is 0 Å². The summed E-state index contributed by atoms with van der Waals surface area (Å²) in [6, 6.07) is 0.332. The van der Waals surface area contributed by atoms with Crippen LogP contribution in [-0.4, -0.2) is 43.3 Å². The third-order valence-electron chi connectivity index (χ3n) is 3.13. The number of likely N-dealkylation sites (tertiary alicyclic amines) is 1. The molecule has 2 aliphatic heterocycles. The number of carbonyl (C=O) groups is 1. The quantitative estimate of drug-likeness (QED) is 0.713. The molecular weight excluding hydrogens is 192 g/mol. The van der Waals surface area contributed by atoms with Gasteiger partial charge >= 0.3 is 6.03 Å². The van der Waals surface area contributed by atoms with Gasteiger partial charge < -0.3 is 15.0 Å². The van der Waals surface area contributed by atoms with E-state index in [2.05, 4.69) is 5.32 Å². The van der Waals surface area contributed by atoms with Gasteiger partial charge in [0.25, 0.3) is 0 Å². The van der Waals surface area contributed by atoms with Crippen molar-refractivity contribution in [2.45, 2.75) is 38.1 Å². The summed E-state index contributed by atoms with van der Waals surface area (Å²) in [4.78, 5) is 13.8. The van der Waals surface area contributed by atoms with E-state index in [1.54, 1.807) is 0 Å². The molecule has 0 spiro atoms. The van der Waals surface area contributed by atoms with Gasteiger partial charge in [0.15, 0.2) is 0 Å². The summed E-state index contributed by atoms with van der Waals surface area (Å²) < 4.78 is 5.34. The molecule has 0 radical (unpaired) electrons. The van der Waals surface area contributed by atoms with E-state index in [9.17, 15) is 4.79 Å². The lowest BCUT2D eigenvalue weighted by molar-refractivity contribution is 0.0701. The van der Waals surface area contributed by atoms with Crippen molar-refractivity contribution < 1.29 is 9.53 Å². The number of nitrogens with one attached hydrogen (secondary N) is 1. The molecule has 0 aliphatic carbocycles. The Labute approximate surface area is 91.0 Å². The van der Waals surface area contributed by atoms with Crippen molar-refractivity contribution in [3.63, 3.8) is 0 Å². The van der Waals surface area contributed by atoms with Gasteiger partial charge in [-0.1, -0.05) is 0 Å². The topological polar surface area (TPSA) is 41.6 Å². The molecule has 1 unspecified atom stereocenters. The van der Waals surface area contributed by atoms with E-state index < -0.39 is 0 Å². The molecular formula is C11H20N2O2. The standard InChI is InChI=1S/C11H20N2O2/c14-11(13-6-2-1-3-7-13)12-10-5-4-8-15-9-10/h10H,1-9H2,(H,12,14). The molecule has 2 heterocycles. The molecule has 2 rings (SSSR count). The molecule has 4 nitrogen and oxygen atoms in total. The normalized spacial score (nSPS) is 27.5. The lowest BCUT2D eigenvalue weighted by Crippen LogP contribution is -2.49. The zero-order valence-corrected chi connectivity index (χ0v) is 9.21. The molecule has 2 aliphatic rings. The summed E-state index contributed by atoms with van der Waals surface area (Å²) in [5.74, 6) is 0. The summed E-state index contributed by atoms with van der Waals surface area (Å²) in [5.41, 5.74) is 0. The van der Waals surface area contributed by atoms with Crippen LogP contribution in [0.5, 0.6) is 0 Å². The predicted octanol–water partition coefficient (Wildman–Crippen LogP) is 1.36. The van der Waals surface area contributed by atoms with Gasteiger partial charge in [0.05, 0.1) is 12.6 Å². The van der Waals surface area contributed by atoms with Crippen LogP contribution in [-0.2, 0) is 4.74 Å². The number of nitrogens with zero attached hydrogens (tertiary/aromatic N) is 1. The Bertz CT molecular complexity index is 209. The number of urea groups is 1. The highest BCUT2D eigenvalue weighted by Crippen LogP contribution is 2.10. The number of piperidine rings is 1. The van der Waals surface area contributed by atoms with Crippen LogP contribution in [0.15, 0.2) is 0 Å². The zero-order valence-electron chi connectivity index (χ0n) is 9.21. The molecule has 15 heavy (non-hydrogen) atoms. The second-order valence-electron chi connectivity index (χ2n) is 4.41.